The fraction of sp³-hybridized carbons (Fsp3) is 0.565. The summed E-state index contributed by atoms with van der Waals surface area (Å²) in [7, 11) is 0. The van der Waals surface area contributed by atoms with Gasteiger partial charge in [-0.25, -0.2) is 0 Å². The average molecular weight is 358 g/mol. The minimum Gasteiger partial charge on any atom is -0.481 e. The number of pyridine rings is 1. The Bertz CT molecular complexity index is 615. The monoisotopic (exact) mass is 357 g/mol. The maximum Gasteiger partial charge on any atom is 0.300 e. The van der Waals surface area contributed by atoms with Crippen LogP contribution in [0.2, 0.25) is 0 Å². The van der Waals surface area contributed by atoms with E-state index in [0.29, 0.717) is 0 Å². The van der Waals surface area contributed by atoms with E-state index in [0.717, 1.165) is 13.3 Å². The van der Waals surface area contributed by atoms with E-state index in [2.05, 4.69) is 42.2 Å². The first-order valence-electron chi connectivity index (χ1n) is 10.2. The highest BCUT2D eigenvalue weighted by molar-refractivity contribution is 5.84. The average Bonchev–Trinajstić information content (AvgIpc) is 2.63. The van der Waals surface area contributed by atoms with Crippen LogP contribution in [0.15, 0.2) is 36.5 Å². The number of aliphatic carboxylic acids is 1. The van der Waals surface area contributed by atoms with Gasteiger partial charge in [-0.15, -0.1) is 0 Å². The molecule has 0 aliphatic carbocycles. The molecule has 1 aromatic carbocycles. The van der Waals surface area contributed by atoms with E-state index in [9.17, 15) is 0 Å². The maximum atomic E-state index is 9.00. The van der Waals surface area contributed by atoms with E-state index in [4.69, 9.17) is 9.90 Å². The first-order valence-corrected chi connectivity index (χ1v) is 10.2. The number of carboxylic acid groups (broad SMARTS) is 1. The van der Waals surface area contributed by atoms with Crippen molar-refractivity contribution >= 4 is 16.7 Å². The number of aromatic nitrogens is 1. The molecule has 2 rings (SSSR count). The Morgan fingerprint density at radius 1 is 0.885 bits per heavy atom. The van der Waals surface area contributed by atoms with Crippen LogP contribution < -0.4 is 0 Å². The minimum atomic E-state index is -0.833. The molecule has 0 atom stereocenters. The number of hydrogen-bond acceptors (Lipinski definition) is 2. The first kappa shape index (κ1) is 22.1. The van der Waals surface area contributed by atoms with Gasteiger partial charge in [-0.3, -0.25) is 9.78 Å². The van der Waals surface area contributed by atoms with Gasteiger partial charge in [-0.1, -0.05) is 89.0 Å². The number of fused-ring (bicyclic) bond motifs is 1. The molecule has 0 radical (unpaired) electrons. The van der Waals surface area contributed by atoms with Crippen LogP contribution in [0.4, 0.5) is 0 Å². The predicted octanol–water partition coefficient (Wildman–Crippen LogP) is 6.79. The lowest BCUT2D eigenvalue weighted by Gasteiger charge is -2.05. The molecule has 0 bridgehead atoms. The lowest BCUT2D eigenvalue weighted by atomic mass is 10.0. The summed E-state index contributed by atoms with van der Waals surface area (Å²) in [5.74, 6) is -0.833. The Balaban J connectivity index is 0.000000765. The van der Waals surface area contributed by atoms with Gasteiger partial charge in [0.25, 0.3) is 5.97 Å². The van der Waals surface area contributed by atoms with E-state index in [-0.39, 0.29) is 0 Å². The number of carboxylic acids is 1. The summed E-state index contributed by atoms with van der Waals surface area (Å²) in [5, 5.41) is 10.1. The van der Waals surface area contributed by atoms with E-state index in [1.807, 2.05) is 6.20 Å². The molecule has 0 saturated carbocycles. The molecule has 2 aromatic rings. The van der Waals surface area contributed by atoms with Crippen molar-refractivity contribution in [3.63, 3.8) is 0 Å². The third-order valence-electron chi connectivity index (χ3n) is 4.52. The molecule has 1 N–H and O–H groups in total. The Labute approximate surface area is 158 Å². The van der Waals surface area contributed by atoms with Crippen LogP contribution in [0.5, 0.6) is 0 Å². The second-order valence-electron chi connectivity index (χ2n) is 6.93. The van der Waals surface area contributed by atoms with E-state index in [1.165, 1.54) is 80.7 Å². The fourth-order valence-corrected chi connectivity index (χ4v) is 3.16. The van der Waals surface area contributed by atoms with Gasteiger partial charge in [0, 0.05) is 24.2 Å². The van der Waals surface area contributed by atoms with Crippen LogP contribution in [0.25, 0.3) is 10.8 Å². The van der Waals surface area contributed by atoms with Gasteiger partial charge in [0.15, 0.2) is 0 Å². The number of carbonyl (C=O) groups is 1. The van der Waals surface area contributed by atoms with Gasteiger partial charge >= 0.3 is 0 Å². The molecule has 0 aliphatic heterocycles. The van der Waals surface area contributed by atoms with Gasteiger partial charge in [0.1, 0.15) is 0 Å². The Morgan fingerprint density at radius 2 is 1.42 bits per heavy atom. The van der Waals surface area contributed by atoms with Gasteiger partial charge in [0.05, 0.1) is 0 Å². The van der Waals surface area contributed by atoms with Crippen molar-refractivity contribution in [3.8, 4) is 0 Å². The normalized spacial score (nSPS) is 10.4. The second kappa shape index (κ2) is 14.3. The van der Waals surface area contributed by atoms with Crippen molar-refractivity contribution in [1.82, 2.24) is 4.98 Å². The van der Waals surface area contributed by atoms with Crippen LogP contribution in [0, 0.1) is 0 Å². The molecule has 144 valence electrons. The highest BCUT2D eigenvalue weighted by Gasteiger charge is 2.01. The summed E-state index contributed by atoms with van der Waals surface area (Å²) in [6.45, 7) is 3.37. The Hall–Kier alpha value is -1.90. The minimum absolute atomic E-state index is 0.833. The number of unbranched alkanes of at least 4 members (excludes halogenated alkanes) is 9. The predicted molar refractivity (Wildman–Crippen MR) is 111 cm³/mol. The Kier molecular flexibility index (Phi) is 12.2. The molecule has 1 heterocycles. The first-order chi connectivity index (χ1) is 12.6. The van der Waals surface area contributed by atoms with Crippen molar-refractivity contribution < 1.29 is 9.90 Å². The van der Waals surface area contributed by atoms with Crippen molar-refractivity contribution in [2.75, 3.05) is 0 Å². The maximum absolute atomic E-state index is 9.00. The summed E-state index contributed by atoms with van der Waals surface area (Å²) in [6, 6.07) is 10.7. The Morgan fingerprint density at radius 3 is 2.04 bits per heavy atom. The van der Waals surface area contributed by atoms with Crippen molar-refractivity contribution in [2.45, 2.75) is 84.5 Å². The molecule has 0 spiro atoms. The van der Waals surface area contributed by atoms with E-state index in [1.54, 1.807) is 0 Å². The quantitative estimate of drug-likeness (QED) is 0.450. The van der Waals surface area contributed by atoms with Crippen molar-refractivity contribution in [3.05, 3.63) is 42.2 Å². The summed E-state index contributed by atoms with van der Waals surface area (Å²) in [5.41, 5.74) is 1.28. The lowest BCUT2D eigenvalue weighted by molar-refractivity contribution is -0.134. The topological polar surface area (TPSA) is 50.2 Å². The number of hydrogen-bond donors (Lipinski definition) is 1. The van der Waals surface area contributed by atoms with Crippen LogP contribution in [0.3, 0.4) is 0 Å². The van der Waals surface area contributed by atoms with Gasteiger partial charge in [-0.05, 0) is 24.3 Å². The molecule has 26 heavy (non-hydrogen) atoms. The molecule has 1 aromatic heterocycles. The van der Waals surface area contributed by atoms with Crippen LogP contribution in [-0.4, -0.2) is 16.1 Å². The molecule has 0 unspecified atom stereocenters. The van der Waals surface area contributed by atoms with Gasteiger partial charge in [-0.2, -0.15) is 0 Å². The molecule has 3 nitrogen and oxygen atoms in total. The highest BCUT2D eigenvalue weighted by Crippen LogP contribution is 2.18. The van der Waals surface area contributed by atoms with E-state index >= 15 is 0 Å². The third kappa shape index (κ3) is 10.2. The zero-order valence-electron chi connectivity index (χ0n) is 16.5. The van der Waals surface area contributed by atoms with E-state index < -0.39 is 5.97 Å². The zero-order valence-corrected chi connectivity index (χ0v) is 16.5. The lowest BCUT2D eigenvalue weighted by Crippen LogP contribution is -1.92. The number of nitrogens with zero attached hydrogens (tertiary/aromatic N) is 1. The molecular weight excluding hydrogens is 322 g/mol. The van der Waals surface area contributed by atoms with Crippen LogP contribution in [0.1, 0.15) is 83.7 Å². The van der Waals surface area contributed by atoms with Crippen molar-refractivity contribution in [1.29, 1.82) is 0 Å². The molecule has 3 heteroatoms. The summed E-state index contributed by atoms with van der Waals surface area (Å²) < 4.78 is 0. The van der Waals surface area contributed by atoms with Gasteiger partial charge < -0.3 is 5.11 Å². The largest absolute Gasteiger partial charge is 0.481 e. The number of benzene rings is 1. The highest BCUT2D eigenvalue weighted by atomic mass is 16.4. The molecule has 0 aliphatic rings. The number of aryl methyl sites for hydroxylation is 1. The van der Waals surface area contributed by atoms with Gasteiger partial charge in [0.2, 0.25) is 0 Å². The van der Waals surface area contributed by atoms with Crippen LogP contribution >= 0.6 is 0 Å². The van der Waals surface area contributed by atoms with Crippen LogP contribution in [-0.2, 0) is 11.2 Å². The smallest absolute Gasteiger partial charge is 0.300 e. The zero-order chi connectivity index (χ0) is 19.0. The second-order valence-corrected chi connectivity index (χ2v) is 6.93. The standard InChI is InChI=1S/C21H31N.C2H4O2/c1-2-3-4-5-6-7-8-9-10-11-16-21-20-15-13-12-14-19(20)17-18-22-21;1-2(3)4/h12-15,17-18H,2-11,16H2,1H3;1H3,(H,3,4). The number of rotatable bonds is 11. The summed E-state index contributed by atoms with van der Waals surface area (Å²) in [6.07, 6.45) is 17.0. The fourth-order valence-electron chi connectivity index (χ4n) is 3.16. The molecular formula is C23H35NO2. The third-order valence-corrected chi connectivity index (χ3v) is 4.52. The summed E-state index contributed by atoms with van der Waals surface area (Å²) in [4.78, 5) is 13.6. The SMILES string of the molecule is CC(=O)O.CCCCCCCCCCCCc1nccc2ccccc12. The molecule has 0 amide bonds. The summed E-state index contributed by atoms with van der Waals surface area (Å²) >= 11 is 0. The van der Waals surface area contributed by atoms with Crippen molar-refractivity contribution in [2.24, 2.45) is 0 Å². The molecule has 0 fully saturated rings. The molecule has 0 saturated heterocycles.